The summed E-state index contributed by atoms with van der Waals surface area (Å²) in [6, 6.07) is -0.153. The predicted octanol–water partition coefficient (Wildman–Crippen LogP) is 2.31. The zero-order valence-electron chi connectivity index (χ0n) is 10.9. The second-order valence-corrected chi connectivity index (χ2v) is 6.54. The highest BCUT2D eigenvalue weighted by Gasteiger charge is 2.49. The minimum atomic E-state index is -0.874. The Morgan fingerprint density at radius 1 is 1.18 bits per heavy atom. The van der Waals surface area contributed by atoms with E-state index in [9.17, 15) is 15.0 Å². The van der Waals surface area contributed by atoms with Crippen molar-refractivity contribution in [1.82, 2.24) is 4.90 Å². The monoisotopic (exact) mass is 241 g/mol. The molecule has 1 saturated heterocycles. The fourth-order valence-corrected chi connectivity index (χ4v) is 3.60. The van der Waals surface area contributed by atoms with Crippen molar-refractivity contribution >= 4 is 6.09 Å². The fraction of sp³-hybridized carbons (Fsp3) is 0.923. The summed E-state index contributed by atoms with van der Waals surface area (Å²) in [6.07, 6.45) is 2.33. The Labute approximate surface area is 103 Å². The van der Waals surface area contributed by atoms with Gasteiger partial charge in [-0.25, -0.2) is 4.79 Å². The van der Waals surface area contributed by atoms with Gasteiger partial charge in [-0.1, -0.05) is 20.8 Å². The van der Waals surface area contributed by atoms with E-state index in [4.69, 9.17) is 0 Å². The lowest BCUT2D eigenvalue weighted by Gasteiger charge is -2.48. The van der Waals surface area contributed by atoms with E-state index >= 15 is 0 Å². The molecule has 1 amide bonds. The molecular weight excluding hydrogens is 218 g/mol. The Morgan fingerprint density at radius 2 is 1.76 bits per heavy atom. The number of carbonyl (C=O) groups is 1. The van der Waals surface area contributed by atoms with Crippen LogP contribution in [0.15, 0.2) is 0 Å². The van der Waals surface area contributed by atoms with Crippen LogP contribution in [0.4, 0.5) is 4.79 Å². The summed E-state index contributed by atoms with van der Waals surface area (Å²) in [5.41, 5.74) is -0.0638. The Balaban J connectivity index is 2.29. The molecule has 17 heavy (non-hydrogen) atoms. The maximum absolute atomic E-state index is 11.5. The van der Waals surface area contributed by atoms with E-state index in [1.807, 2.05) is 0 Å². The number of aliphatic hydroxyl groups is 1. The van der Waals surface area contributed by atoms with Crippen LogP contribution in [0.2, 0.25) is 0 Å². The third-order valence-electron chi connectivity index (χ3n) is 4.40. The van der Waals surface area contributed by atoms with Gasteiger partial charge in [0.2, 0.25) is 0 Å². The maximum Gasteiger partial charge on any atom is 0.407 e. The molecule has 2 rings (SSSR count). The van der Waals surface area contributed by atoms with Gasteiger partial charge in [0, 0.05) is 6.04 Å². The molecule has 4 heteroatoms. The van der Waals surface area contributed by atoms with Crippen LogP contribution in [0.5, 0.6) is 0 Å². The van der Waals surface area contributed by atoms with Crippen LogP contribution in [0.1, 0.15) is 46.5 Å². The first-order chi connectivity index (χ1) is 7.82. The van der Waals surface area contributed by atoms with Crippen molar-refractivity contribution < 1.29 is 15.0 Å². The first kappa shape index (κ1) is 12.7. The van der Waals surface area contributed by atoms with Crippen molar-refractivity contribution in [3.05, 3.63) is 0 Å². The number of amides is 1. The fourth-order valence-electron chi connectivity index (χ4n) is 3.60. The van der Waals surface area contributed by atoms with E-state index in [2.05, 4.69) is 20.8 Å². The van der Waals surface area contributed by atoms with E-state index in [0.717, 1.165) is 25.7 Å². The summed E-state index contributed by atoms with van der Waals surface area (Å²) < 4.78 is 0. The molecule has 1 aliphatic heterocycles. The normalized spacial score (nSPS) is 38.0. The third kappa shape index (κ3) is 2.15. The molecule has 4 unspecified atom stereocenters. The number of piperidine rings is 1. The van der Waals surface area contributed by atoms with E-state index < -0.39 is 12.2 Å². The summed E-state index contributed by atoms with van der Waals surface area (Å²) >= 11 is 0. The molecule has 1 saturated carbocycles. The SMILES string of the molecule is CC(C)(C)C1CCC2CCC(O)C2N1C(=O)O. The average molecular weight is 241 g/mol. The lowest BCUT2D eigenvalue weighted by Crippen LogP contribution is -2.59. The molecule has 2 aliphatic rings. The first-order valence-electron chi connectivity index (χ1n) is 6.51. The molecule has 0 aromatic heterocycles. The van der Waals surface area contributed by atoms with Crippen molar-refractivity contribution in [2.45, 2.75) is 64.6 Å². The van der Waals surface area contributed by atoms with E-state index in [1.165, 1.54) is 0 Å². The molecule has 2 fully saturated rings. The van der Waals surface area contributed by atoms with Crippen molar-refractivity contribution in [2.75, 3.05) is 0 Å². The topological polar surface area (TPSA) is 60.8 Å². The lowest BCUT2D eigenvalue weighted by atomic mass is 9.76. The minimum absolute atomic E-state index is 0.0222. The zero-order valence-corrected chi connectivity index (χ0v) is 10.9. The van der Waals surface area contributed by atoms with Gasteiger partial charge in [-0.2, -0.15) is 0 Å². The molecule has 4 nitrogen and oxygen atoms in total. The summed E-state index contributed by atoms with van der Waals surface area (Å²) in [5, 5.41) is 19.5. The number of aliphatic hydroxyl groups excluding tert-OH is 1. The number of likely N-dealkylation sites (tertiary alicyclic amines) is 1. The number of hydrogen-bond donors (Lipinski definition) is 2. The molecule has 0 aromatic rings. The Bertz CT molecular complexity index is 308. The van der Waals surface area contributed by atoms with Crippen LogP contribution in [-0.4, -0.2) is 39.4 Å². The number of hydrogen-bond acceptors (Lipinski definition) is 2. The van der Waals surface area contributed by atoms with Gasteiger partial charge in [0.15, 0.2) is 0 Å². The number of nitrogens with zero attached hydrogens (tertiary/aromatic N) is 1. The van der Waals surface area contributed by atoms with Crippen LogP contribution >= 0.6 is 0 Å². The second-order valence-electron chi connectivity index (χ2n) is 6.54. The van der Waals surface area contributed by atoms with Gasteiger partial charge in [0.1, 0.15) is 0 Å². The van der Waals surface area contributed by atoms with Gasteiger partial charge >= 0.3 is 6.09 Å². The lowest BCUT2D eigenvalue weighted by molar-refractivity contribution is -0.0279. The van der Waals surface area contributed by atoms with Gasteiger partial charge in [0.05, 0.1) is 12.1 Å². The molecule has 0 aromatic carbocycles. The highest BCUT2D eigenvalue weighted by molar-refractivity contribution is 5.66. The Kier molecular flexibility index (Phi) is 3.10. The molecular formula is C13H23NO3. The van der Waals surface area contributed by atoms with Gasteiger partial charge < -0.3 is 10.2 Å². The quantitative estimate of drug-likeness (QED) is 0.684. The molecule has 1 heterocycles. The smallest absolute Gasteiger partial charge is 0.407 e. The highest BCUT2D eigenvalue weighted by Crippen LogP contribution is 2.43. The van der Waals surface area contributed by atoms with Crippen LogP contribution in [0.3, 0.4) is 0 Å². The predicted molar refractivity (Wildman–Crippen MR) is 64.9 cm³/mol. The molecule has 4 atom stereocenters. The van der Waals surface area contributed by atoms with E-state index in [1.54, 1.807) is 4.90 Å². The molecule has 0 bridgehead atoms. The summed E-state index contributed by atoms with van der Waals surface area (Å²) in [5.74, 6) is 0.361. The summed E-state index contributed by atoms with van der Waals surface area (Å²) in [7, 11) is 0. The number of carboxylic acid groups (broad SMARTS) is 1. The largest absolute Gasteiger partial charge is 0.465 e. The molecule has 98 valence electrons. The average Bonchev–Trinajstić information content (AvgIpc) is 2.58. The van der Waals surface area contributed by atoms with Crippen molar-refractivity contribution in [3.8, 4) is 0 Å². The third-order valence-corrected chi connectivity index (χ3v) is 4.40. The van der Waals surface area contributed by atoms with Crippen LogP contribution in [0, 0.1) is 11.3 Å². The number of fused-ring (bicyclic) bond motifs is 1. The second kappa shape index (κ2) is 4.16. The van der Waals surface area contributed by atoms with E-state index in [-0.39, 0.29) is 17.5 Å². The minimum Gasteiger partial charge on any atom is -0.465 e. The molecule has 1 aliphatic carbocycles. The first-order valence-corrected chi connectivity index (χ1v) is 6.51. The Morgan fingerprint density at radius 3 is 2.29 bits per heavy atom. The van der Waals surface area contributed by atoms with Crippen LogP contribution in [0.25, 0.3) is 0 Å². The van der Waals surface area contributed by atoms with Crippen molar-refractivity contribution in [1.29, 1.82) is 0 Å². The molecule has 2 N–H and O–H groups in total. The standard InChI is InChI=1S/C13H23NO3/c1-13(2,3)10-7-5-8-4-6-9(15)11(8)14(10)12(16)17/h8-11,15H,4-7H2,1-3H3,(H,16,17). The number of rotatable bonds is 0. The van der Waals surface area contributed by atoms with Crippen LogP contribution in [-0.2, 0) is 0 Å². The van der Waals surface area contributed by atoms with Gasteiger partial charge in [-0.3, -0.25) is 4.90 Å². The summed E-state index contributed by atoms with van der Waals surface area (Å²) in [4.78, 5) is 13.1. The van der Waals surface area contributed by atoms with Crippen molar-refractivity contribution in [3.63, 3.8) is 0 Å². The Hall–Kier alpha value is -0.770. The van der Waals surface area contributed by atoms with Gasteiger partial charge in [0.25, 0.3) is 0 Å². The zero-order chi connectivity index (χ0) is 12.8. The highest BCUT2D eigenvalue weighted by atomic mass is 16.4. The van der Waals surface area contributed by atoms with Crippen molar-refractivity contribution in [2.24, 2.45) is 11.3 Å². The molecule has 0 radical (unpaired) electrons. The maximum atomic E-state index is 11.5. The van der Waals surface area contributed by atoms with Crippen LogP contribution < -0.4 is 0 Å². The summed E-state index contributed by atoms with van der Waals surface area (Å²) in [6.45, 7) is 6.24. The molecule has 0 spiro atoms. The van der Waals surface area contributed by atoms with E-state index in [0.29, 0.717) is 5.92 Å². The van der Waals surface area contributed by atoms with Gasteiger partial charge in [-0.05, 0) is 37.0 Å². The van der Waals surface area contributed by atoms with Gasteiger partial charge in [-0.15, -0.1) is 0 Å².